The molecule has 1 unspecified atom stereocenters. The van der Waals surface area contributed by atoms with Gasteiger partial charge in [-0.05, 0) is 38.0 Å². The second-order valence-electron chi connectivity index (χ2n) is 9.22. The Bertz CT molecular complexity index is 1210. The zero-order valence-corrected chi connectivity index (χ0v) is 19.1. The molecule has 10 heteroatoms. The van der Waals surface area contributed by atoms with Gasteiger partial charge in [0.25, 0.3) is 0 Å². The van der Waals surface area contributed by atoms with E-state index in [1.165, 1.54) is 25.0 Å². The summed E-state index contributed by atoms with van der Waals surface area (Å²) >= 11 is 0. The maximum absolute atomic E-state index is 14.3. The van der Waals surface area contributed by atoms with Gasteiger partial charge in [-0.3, -0.25) is 9.36 Å². The van der Waals surface area contributed by atoms with E-state index < -0.39 is 0 Å². The highest BCUT2D eigenvalue weighted by molar-refractivity contribution is 5.84. The van der Waals surface area contributed by atoms with Crippen LogP contribution in [0.25, 0.3) is 17.2 Å². The predicted molar refractivity (Wildman–Crippen MR) is 121 cm³/mol. The van der Waals surface area contributed by atoms with Gasteiger partial charge >= 0.3 is 0 Å². The number of aromatic nitrogens is 4. The molecule has 3 aromatic rings. The van der Waals surface area contributed by atoms with E-state index in [2.05, 4.69) is 15.1 Å². The van der Waals surface area contributed by atoms with Crippen molar-refractivity contribution in [3.05, 3.63) is 41.9 Å². The molecule has 0 N–H and O–H groups in total. The average molecular weight is 467 g/mol. The number of hydrogen-bond acceptors (Lipinski definition) is 7. The highest BCUT2D eigenvalue weighted by Crippen LogP contribution is 2.42. The number of amides is 1. The lowest BCUT2D eigenvalue weighted by Crippen LogP contribution is -2.47. The molecule has 1 atom stereocenters. The van der Waals surface area contributed by atoms with Crippen molar-refractivity contribution in [1.82, 2.24) is 24.6 Å². The molecule has 4 heterocycles. The van der Waals surface area contributed by atoms with Gasteiger partial charge in [0, 0.05) is 19.0 Å². The fraction of sp³-hybridized carbons (Fsp3) is 0.500. The first-order valence-corrected chi connectivity index (χ1v) is 11.9. The fourth-order valence-electron chi connectivity index (χ4n) is 5.36. The first-order chi connectivity index (χ1) is 16.6. The largest absolute Gasteiger partial charge is 0.378 e. The van der Waals surface area contributed by atoms with Gasteiger partial charge in [-0.1, -0.05) is 18.0 Å². The van der Waals surface area contributed by atoms with Gasteiger partial charge in [0.1, 0.15) is 17.8 Å². The van der Waals surface area contributed by atoms with E-state index in [9.17, 15) is 9.18 Å². The molecule has 0 bridgehead atoms. The lowest BCUT2D eigenvalue weighted by atomic mass is 10.0. The molecule has 34 heavy (non-hydrogen) atoms. The van der Waals surface area contributed by atoms with E-state index in [0.717, 1.165) is 24.2 Å². The van der Waals surface area contributed by atoms with Gasteiger partial charge in [0.15, 0.2) is 0 Å². The summed E-state index contributed by atoms with van der Waals surface area (Å²) in [6, 6.07) is 4.36. The second-order valence-corrected chi connectivity index (χ2v) is 9.22. The maximum atomic E-state index is 14.3. The molecular formula is C24H27FN6O3. The highest BCUT2D eigenvalue weighted by Gasteiger charge is 2.35. The van der Waals surface area contributed by atoms with Crippen LogP contribution in [0.2, 0.25) is 0 Å². The number of nitrogens with zero attached hydrogens (tertiary/aromatic N) is 6. The maximum Gasteiger partial charge on any atom is 0.242 e. The van der Waals surface area contributed by atoms with Gasteiger partial charge < -0.3 is 19.1 Å². The van der Waals surface area contributed by atoms with E-state index in [4.69, 9.17) is 9.26 Å². The summed E-state index contributed by atoms with van der Waals surface area (Å²) in [4.78, 5) is 26.2. The summed E-state index contributed by atoms with van der Waals surface area (Å²) in [5.74, 6) is 1.07. The van der Waals surface area contributed by atoms with E-state index in [1.54, 1.807) is 17.3 Å². The number of carbonyl (C=O) groups excluding carboxylic acids is 1. The summed E-state index contributed by atoms with van der Waals surface area (Å²) in [6.45, 7) is 4.31. The minimum atomic E-state index is -0.349. The summed E-state index contributed by atoms with van der Waals surface area (Å²) in [6.07, 6.45) is 6.20. The summed E-state index contributed by atoms with van der Waals surface area (Å²) in [5, 5.41) is 4.25. The van der Waals surface area contributed by atoms with Crippen LogP contribution in [0.4, 0.5) is 10.1 Å². The molecule has 0 radical (unpaired) electrons. The van der Waals surface area contributed by atoms with Crippen LogP contribution < -0.4 is 4.90 Å². The number of fused-ring (bicyclic) bond motifs is 3. The monoisotopic (exact) mass is 466 g/mol. The first kappa shape index (κ1) is 21.3. The van der Waals surface area contributed by atoms with Gasteiger partial charge in [0.05, 0.1) is 42.9 Å². The Hall–Kier alpha value is -3.27. The number of morpholine rings is 1. The fourth-order valence-corrected chi connectivity index (χ4v) is 5.36. The Kier molecular flexibility index (Phi) is 5.32. The van der Waals surface area contributed by atoms with Crippen molar-refractivity contribution in [3.8, 4) is 17.2 Å². The molecule has 1 aromatic carbocycles. The molecular weight excluding hydrogens is 439 g/mol. The SMILES string of the molecule is CC1c2c(-c3noc(C4CCCC4)n3)ncn2-c2ccc(F)cc2N1CC(=O)N1CCOCC1. The van der Waals surface area contributed by atoms with Gasteiger partial charge in [-0.25, -0.2) is 9.37 Å². The Morgan fingerprint density at radius 2 is 1.97 bits per heavy atom. The third-order valence-electron chi connectivity index (χ3n) is 7.20. The normalized spacial score (nSPS) is 20.5. The number of ether oxygens (including phenoxy) is 1. The van der Waals surface area contributed by atoms with Crippen molar-refractivity contribution >= 4 is 11.6 Å². The van der Waals surface area contributed by atoms with Crippen molar-refractivity contribution in [3.63, 3.8) is 0 Å². The Morgan fingerprint density at radius 3 is 2.76 bits per heavy atom. The molecule has 178 valence electrons. The standard InChI is InChI=1S/C24H27FN6O3/c1-15-22-21(23-27-24(34-28-23)16-4-2-3-5-16)26-14-31(22)18-7-6-17(25)12-19(18)30(15)13-20(32)29-8-10-33-11-9-29/h6-7,12,14-16H,2-5,8-11,13H2,1H3. The predicted octanol–water partition coefficient (Wildman–Crippen LogP) is 3.46. The number of imidazole rings is 1. The van der Waals surface area contributed by atoms with Crippen LogP contribution in [-0.2, 0) is 9.53 Å². The first-order valence-electron chi connectivity index (χ1n) is 11.9. The van der Waals surface area contributed by atoms with Gasteiger partial charge in [-0.2, -0.15) is 4.98 Å². The van der Waals surface area contributed by atoms with Crippen LogP contribution in [-0.4, -0.2) is 63.3 Å². The molecule has 3 aliphatic rings. The molecule has 2 aliphatic heterocycles. The smallest absolute Gasteiger partial charge is 0.242 e. The van der Waals surface area contributed by atoms with E-state index in [-0.39, 0.29) is 24.3 Å². The lowest BCUT2D eigenvalue weighted by Gasteiger charge is -2.39. The number of carbonyl (C=O) groups is 1. The van der Waals surface area contributed by atoms with Crippen LogP contribution in [0.15, 0.2) is 29.0 Å². The van der Waals surface area contributed by atoms with Crippen LogP contribution in [0.5, 0.6) is 0 Å². The molecule has 9 nitrogen and oxygen atoms in total. The Morgan fingerprint density at radius 1 is 1.18 bits per heavy atom. The number of hydrogen-bond donors (Lipinski definition) is 0. The third-order valence-corrected chi connectivity index (χ3v) is 7.20. The van der Waals surface area contributed by atoms with Crippen LogP contribution in [0, 0.1) is 5.82 Å². The highest BCUT2D eigenvalue weighted by atomic mass is 19.1. The average Bonchev–Trinajstić information content (AvgIpc) is 3.62. The molecule has 0 spiro atoms. The molecule has 6 rings (SSSR count). The van der Waals surface area contributed by atoms with Gasteiger partial charge in [-0.15, -0.1) is 0 Å². The van der Waals surface area contributed by atoms with Crippen molar-refractivity contribution in [1.29, 1.82) is 0 Å². The second kappa shape index (κ2) is 8.50. The Labute approximate surface area is 196 Å². The molecule has 1 amide bonds. The quantitative estimate of drug-likeness (QED) is 0.582. The summed E-state index contributed by atoms with van der Waals surface area (Å²) < 4.78 is 27.2. The Balaban J connectivity index is 1.38. The van der Waals surface area contributed by atoms with E-state index in [1.807, 2.05) is 16.4 Å². The van der Waals surface area contributed by atoms with Crippen LogP contribution >= 0.6 is 0 Å². The van der Waals surface area contributed by atoms with Crippen LogP contribution in [0.1, 0.15) is 56.2 Å². The zero-order valence-electron chi connectivity index (χ0n) is 19.1. The van der Waals surface area contributed by atoms with Crippen LogP contribution in [0.3, 0.4) is 0 Å². The molecule has 1 saturated heterocycles. The van der Waals surface area contributed by atoms with Gasteiger partial charge in [0.2, 0.25) is 17.6 Å². The minimum Gasteiger partial charge on any atom is -0.378 e. The number of anilines is 1. The summed E-state index contributed by atoms with van der Waals surface area (Å²) in [5.41, 5.74) is 2.90. The molecule has 1 aliphatic carbocycles. The number of halogens is 1. The molecule has 2 fully saturated rings. The third kappa shape index (κ3) is 3.56. The molecule has 2 aromatic heterocycles. The summed E-state index contributed by atoms with van der Waals surface area (Å²) in [7, 11) is 0. The van der Waals surface area contributed by atoms with Crippen molar-refractivity contribution in [2.75, 3.05) is 37.7 Å². The van der Waals surface area contributed by atoms with Crippen molar-refractivity contribution < 1.29 is 18.4 Å². The topological polar surface area (TPSA) is 89.5 Å². The number of benzene rings is 1. The molecule has 1 saturated carbocycles. The lowest BCUT2D eigenvalue weighted by molar-refractivity contribution is -0.133. The number of rotatable bonds is 4. The minimum absolute atomic E-state index is 0.0112. The van der Waals surface area contributed by atoms with E-state index >= 15 is 0 Å². The zero-order chi connectivity index (χ0) is 23.2. The van der Waals surface area contributed by atoms with Crippen molar-refractivity contribution in [2.24, 2.45) is 0 Å². The van der Waals surface area contributed by atoms with E-state index in [0.29, 0.717) is 55.3 Å². The van der Waals surface area contributed by atoms with Crippen molar-refractivity contribution in [2.45, 2.75) is 44.6 Å².